The molecule has 2 aromatic rings. The SMILES string of the molecule is CC(=O)OCS(=O)(=O)NC1(CNC(=O)c2ccc3[nH]ccc3c2Cl)CCCCC1. The Balaban J connectivity index is 1.73. The van der Waals surface area contributed by atoms with Crippen LogP contribution < -0.4 is 10.0 Å². The number of carbonyl (C=O) groups is 2. The molecule has 3 N–H and O–H groups in total. The lowest BCUT2D eigenvalue weighted by Crippen LogP contribution is -2.57. The Labute approximate surface area is 174 Å². The summed E-state index contributed by atoms with van der Waals surface area (Å²) in [6.45, 7) is 1.27. The molecule has 3 rings (SSSR count). The van der Waals surface area contributed by atoms with Gasteiger partial charge < -0.3 is 15.0 Å². The van der Waals surface area contributed by atoms with Gasteiger partial charge in [0.05, 0.1) is 16.1 Å². The first-order chi connectivity index (χ1) is 13.7. The zero-order valence-electron chi connectivity index (χ0n) is 16.1. The van der Waals surface area contributed by atoms with Crippen molar-refractivity contribution < 1.29 is 22.7 Å². The maximum absolute atomic E-state index is 12.7. The Hall–Kier alpha value is -2.10. The lowest BCUT2D eigenvalue weighted by Gasteiger charge is -2.37. The molecule has 1 amide bonds. The number of H-pyrrole nitrogens is 1. The number of fused-ring (bicyclic) bond motifs is 1. The molecule has 0 radical (unpaired) electrons. The van der Waals surface area contributed by atoms with Crippen LogP contribution in [0.4, 0.5) is 0 Å². The third-order valence-electron chi connectivity index (χ3n) is 5.10. The van der Waals surface area contributed by atoms with Gasteiger partial charge in [-0.15, -0.1) is 0 Å². The van der Waals surface area contributed by atoms with Crippen molar-refractivity contribution in [3.8, 4) is 0 Å². The quantitative estimate of drug-likeness (QED) is 0.571. The summed E-state index contributed by atoms with van der Waals surface area (Å²) in [4.78, 5) is 26.7. The van der Waals surface area contributed by atoms with E-state index >= 15 is 0 Å². The van der Waals surface area contributed by atoms with Gasteiger partial charge in [-0.1, -0.05) is 30.9 Å². The molecule has 158 valence electrons. The summed E-state index contributed by atoms with van der Waals surface area (Å²) in [5.74, 6) is -1.79. The van der Waals surface area contributed by atoms with Gasteiger partial charge in [-0.25, -0.2) is 13.1 Å². The summed E-state index contributed by atoms with van der Waals surface area (Å²) < 4.78 is 32.0. The molecule has 0 saturated heterocycles. The Morgan fingerprint density at radius 2 is 1.93 bits per heavy atom. The van der Waals surface area contributed by atoms with Crippen molar-refractivity contribution in [2.75, 3.05) is 12.5 Å². The zero-order chi connectivity index (χ0) is 21.1. The van der Waals surface area contributed by atoms with Gasteiger partial charge in [0.2, 0.25) is 16.0 Å². The van der Waals surface area contributed by atoms with Crippen LogP contribution in [0.5, 0.6) is 0 Å². The molecule has 1 fully saturated rings. The smallest absolute Gasteiger partial charge is 0.303 e. The van der Waals surface area contributed by atoms with E-state index in [1.807, 2.05) is 0 Å². The van der Waals surface area contributed by atoms with Gasteiger partial charge in [-0.3, -0.25) is 9.59 Å². The molecule has 29 heavy (non-hydrogen) atoms. The summed E-state index contributed by atoms with van der Waals surface area (Å²) in [6, 6.07) is 5.20. The van der Waals surface area contributed by atoms with Gasteiger partial charge in [0.15, 0.2) is 0 Å². The highest BCUT2D eigenvalue weighted by atomic mass is 35.5. The molecule has 1 heterocycles. The minimum Gasteiger partial charge on any atom is -0.448 e. The highest BCUT2D eigenvalue weighted by Gasteiger charge is 2.36. The van der Waals surface area contributed by atoms with Crippen LogP contribution in [-0.4, -0.2) is 43.3 Å². The molecular weight excluding hydrogens is 418 g/mol. The monoisotopic (exact) mass is 441 g/mol. The van der Waals surface area contributed by atoms with E-state index in [-0.39, 0.29) is 12.5 Å². The average molecular weight is 442 g/mol. The van der Waals surface area contributed by atoms with Crippen molar-refractivity contribution in [2.45, 2.75) is 44.6 Å². The number of esters is 1. The van der Waals surface area contributed by atoms with Crippen molar-refractivity contribution in [2.24, 2.45) is 0 Å². The minimum absolute atomic E-state index is 0.118. The summed E-state index contributed by atoms with van der Waals surface area (Å²) in [5, 5.41) is 3.91. The first-order valence-electron chi connectivity index (χ1n) is 9.40. The molecule has 0 spiro atoms. The number of aromatic amines is 1. The van der Waals surface area contributed by atoms with Crippen LogP contribution in [0.3, 0.4) is 0 Å². The van der Waals surface area contributed by atoms with Gasteiger partial charge in [0.1, 0.15) is 0 Å². The van der Waals surface area contributed by atoms with E-state index in [4.69, 9.17) is 11.6 Å². The number of halogens is 1. The molecule has 1 saturated carbocycles. The van der Waals surface area contributed by atoms with Gasteiger partial charge in [0, 0.05) is 30.6 Å². The van der Waals surface area contributed by atoms with E-state index in [9.17, 15) is 18.0 Å². The Morgan fingerprint density at radius 3 is 2.62 bits per heavy atom. The van der Waals surface area contributed by atoms with Crippen LogP contribution in [-0.2, 0) is 19.6 Å². The normalized spacial score (nSPS) is 16.5. The molecule has 0 bridgehead atoms. The number of carbonyl (C=O) groups excluding carboxylic acids is 2. The fraction of sp³-hybridized carbons (Fsp3) is 0.474. The highest BCUT2D eigenvalue weighted by molar-refractivity contribution is 7.89. The molecule has 1 aliphatic rings. The minimum atomic E-state index is -3.85. The van der Waals surface area contributed by atoms with Crippen molar-refractivity contribution in [3.05, 3.63) is 35.0 Å². The van der Waals surface area contributed by atoms with Crippen LogP contribution in [0, 0.1) is 0 Å². The Bertz CT molecular complexity index is 1010. The molecule has 1 aromatic heterocycles. The lowest BCUT2D eigenvalue weighted by molar-refractivity contribution is -0.138. The summed E-state index contributed by atoms with van der Waals surface area (Å²) in [6.07, 6.45) is 5.57. The highest BCUT2D eigenvalue weighted by Crippen LogP contribution is 2.30. The van der Waals surface area contributed by atoms with Gasteiger partial charge in [-0.2, -0.15) is 0 Å². The van der Waals surface area contributed by atoms with E-state index < -0.39 is 27.5 Å². The Kier molecular flexibility index (Phi) is 6.50. The zero-order valence-corrected chi connectivity index (χ0v) is 17.7. The third-order valence-corrected chi connectivity index (χ3v) is 6.68. The predicted molar refractivity (Wildman–Crippen MR) is 110 cm³/mol. The predicted octanol–water partition coefficient (Wildman–Crippen LogP) is 2.69. The fourth-order valence-corrected chi connectivity index (χ4v) is 5.31. The largest absolute Gasteiger partial charge is 0.448 e. The lowest BCUT2D eigenvalue weighted by atomic mass is 9.82. The van der Waals surface area contributed by atoms with Crippen molar-refractivity contribution in [1.82, 2.24) is 15.0 Å². The maximum atomic E-state index is 12.7. The standard InChI is InChI=1S/C19H24ClN3O5S/c1-13(24)28-12-29(26,27)23-19(8-3-2-4-9-19)11-22-18(25)15-5-6-16-14(17(15)20)7-10-21-16/h5-7,10,21,23H,2-4,8-9,11-12H2,1H3,(H,22,25). The number of ether oxygens (including phenoxy) is 1. The number of rotatable bonds is 7. The van der Waals surface area contributed by atoms with Crippen LogP contribution >= 0.6 is 11.6 Å². The first-order valence-corrected chi connectivity index (χ1v) is 11.4. The Morgan fingerprint density at radius 1 is 1.21 bits per heavy atom. The topological polar surface area (TPSA) is 117 Å². The number of aromatic nitrogens is 1. The van der Waals surface area contributed by atoms with Crippen LogP contribution in [0.1, 0.15) is 49.4 Å². The van der Waals surface area contributed by atoms with E-state index in [0.29, 0.717) is 23.4 Å². The molecule has 1 aliphatic carbocycles. The molecule has 0 atom stereocenters. The number of sulfonamides is 1. The van der Waals surface area contributed by atoms with Crippen molar-refractivity contribution >= 4 is 44.4 Å². The second-order valence-corrected chi connectivity index (χ2v) is 9.41. The summed E-state index contributed by atoms with van der Waals surface area (Å²) in [5.41, 5.74) is 0.332. The fourth-order valence-electron chi connectivity index (χ4n) is 3.68. The summed E-state index contributed by atoms with van der Waals surface area (Å²) in [7, 11) is -3.85. The number of hydrogen-bond acceptors (Lipinski definition) is 5. The van der Waals surface area contributed by atoms with E-state index in [0.717, 1.165) is 37.1 Å². The number of benzene rings is 1. The van der Waals surface area contributed by atoms with Crippen LogP contribution in [0.15, 0.2) is 24.4 Å². The van der Waals surface area contributed by atoms with Crippen molar-refractivity contribution in [3.63, 3.8) is 0 Å². The van der Waals surface area contributed by atoms with Crippen LogP contribution in [0.25, 0.3) is 10.9 Å². The summed E-state index contributed by atoms with van der Waals surface area (Å²) >= 11 is 6.37. The van der Waals surface area contributed by atoms with E-state index in [2.05, 4.69) is 19.8 Å². The number of hydrogen-bond donors (Lipinski definition) is 3. The van der Waals surface area contributed by atoms with Gasteiger partial charge in [0.25, 0.3) is 5.91 Å². The number of nitrogens with one attached hydrogen (secondary N) is 3. The number of amides is 1. The molecular formula is C19H24ClN3O5S. The molecule has 8 nitrogen and oxygen atoms in total. The third kappa shape index (κ3) is 5.29. The first kappa shape index (κ1) is 21.6. The second-order valence-electron chi connectivity index (χ2n) is 7.36. The maximum Gasteiger partial charge on any atom is 0.303 e. The second kappa shape index (κ2) is 8.73. The molecule has 1 aromatic carbocycles. The van der Waals surface area contributed by atoms with Crippen molar-refractivity contribution in [1.29, 1.82) is 0 Å². The molecule has 10 heteroatoms. The van der Waals surface area contributed by atoms with Gasteiger partial charge in [-0.05, 0) is 31.0 Å². The molecule has 0 aliphatic heterocycles. The van der Waals surface area contributed by atoms with E-state index in [1.165, 1.54) is 0 Å². The van der Waals surface area contributed by atoms with Gasteiger partial charge >= 0.3 is 5.97 Å². The molecule has 0 unspecified atom stereocenters. The average Bonchev–Trinajstić information content (AvgIpc) is 3.15. The van der Waals surface area contributed by atoms with Crippen LogP contribution in [0.2, 0.25) is 5.02 Å². The van der Waals surface area contributed by atoms with E-state index in [1.54, 1.807) is 24.4 Å².